The first-order valence-electron chi connectivity index (χ1n) is 5.26. The largest absolute Gasteiger partial charge is 0.389 e. The lowest BCUT2D eigenvalue weighted by molar-refractivity contribution is 0.0448. The van der Waals surface area contributed by atoms with E-state index in [9.17, 15) is 5.11 Å². The van der Waals surface area contributed by atoms with Gasteiger partial charge in [-0.05, 0) is 27.0 Å². The molecule has 0 fully saturated rings. The highest BCUT2D eigenvalue weighted by atomic mass is 16.3. The van der Waals surface area contributed by atoms with Gasteiger partial charge in [0.1, 0.15) is 0 Å². The molecule has 1 aromatic heterocycles. The first kappa shape index (κ1) is 12.2. The van der Waals surface area contributed by atoms with E-state index in [1.54, 1.807) is 0 Å². The first-order valence-corrected chi connectivity index (χ1v) is 5.26. The second-order valence-electron chi connectivity index (χ2n) is 4.75. The summed E-state index contributed by atoms with van der Waals surface area (Å²) in [6, 6.07) is 2.03. The molecule has 0 saturated heterocycles. The number of aryl methyl sites for hydroxylation is 1. The van der Waals surface area contributed by atoms with Crippen LogP contribution in [-0.2, 0) is 13.5 Å². The molecule has 0 unspecified atom stereocenters. The second kappa shape index (κ2) is 4.77. The van der Waals surface area contributed by atoms with Crippen molar-refractivity contribution in [2.75, 3.05) is 20.1 Å². The number of aliphatic hydroxyl groups is 1. The Kier molecular flexibility index (Phi) is 3.88. The minimum atomic E-state index is -0.624. The topological polar surface area (TPSA) is 41.3 Å². The molecule has 4 nitrogen and oxygen atoms in total. The van der Waals surface area contributed by atoms with Gasteiger partial charge < -0.3 is 10.0 Å². The van der Waals surface area contributed by atoms with Gasteiger partial charge >= 0.3 is 0 Å². The molecule has 1 N–H and O–H groups in total. The molecular weight excluding hydrogens is 190 g/mol. The van der Waals surface area contributed by atoms with Gasteiger partial charge in [-0.3, -0.25) is 4.68 Å². The summed E-state index contributed by atoms with van der Waals surface area (Å²) >= 11 is 0. The van der Waals surface area contributed by atoms with E-state index in [0.29, 0.717) is 6.54 Å². The van der Waals surface area contributed by atoms with Gasteiger partial charge in [-0.2, -0.15) is 5.10 Å². The lowest BCUT2D eigenvalue weighted by atomic mass is 10.1. The van der Waals surface area contributed by atoms with Gasteiger partial charge in [0.05, 0.1) is 5.60 Å². The fourth-order valence-electron chi connectivity index (χ4n) is 1.69. The number of likely N-dealkylation sites (N-methyl/N-ethyl adjacent to an activating group) is 1. The molecule has 1 aromatic rings. The quantitative estimate of drug-likeness (QED) is 0.778. The molecular formula is C11H21N3O. The molecule has 0 aliphatic carbocycles. The van der Waals surface area contributed by atoms with Crippen LogP contribution in [0.5, 0.6) is 0 Å². The third kappa shape index (κ3) is 4.44. The molecule has 0 bridgehead atoms. The summed E-state index contributed by atoms with van der Waals surface area (Å²) in [5, 5.41) is 13.8. The maximum Gasteiger partial charge on any atom is 0.0718 e. The molecule has 0 amide bonds. The van der Waals surface area contributed by atoms with Gasteiger partial charge in [-0.1, -0.05) is 0 Å². The number of aromatic nitrogens is 2. The third-order valence-electron chi connectivity index (χ3n) is 2.33. The molecule has 0 atom stereocenters. The number of hydrogen-bond acceptors (Lipinski definition) is 3. The van der Waals surface area contributed by atoms with Crippen LogP contribution < -0.4 is 0 Å². The molecule has 1 rings (SSSR count). The lowest BCUT2D eigenvalue weighted by Gasteiger charge is -2.25. The second-order valence-corrected chi connectivity index (χ2v) is 4.75. The molecule has 0 saturated carbocycles. The smallest absolute Gasteiger partial charge is 0.0718 e. The van der Waals surface area contributed by atoms with E-state index < -0.39 is 5.60 Å². The van der Waals surface area contributed by atoms with E-state index in [1.807, 2.05) is 44.9 Å². The highest BCUT2D eigenvalue weighted by Gasteiger charge is 2.15. The molecule has 0 aliphatic rings. The summed E-state index contributed by atoms with van der Waals surface area (Å²) in [4.78, 5) is 2.13. The highest BCUT2D eigenvalue weighted by Crippen LogP contribution is 2.04. The summed E-state index contributed by atoms with van der Waals surface area (Å²) in [7, 11) is 3.97. The molecule has 0 aliphatic heterocycles. The zero-order valence-electron chi connectivity index (χ0n) is 10.1. The predicted molar refractivity (Wildman–Crippen MR) is 60.7 cm³/mol. The maximum atomic E-state index is 9.64. The van der Waals surface area contributed by atoms with Crippen LogP contribution in [0.2, 0.25) is 0 Å². The van der Waals surface area contributed by atoms with E-state index in [-0.39, 0.29) is 0 Å². The van der Waals surface area contributed by atoms with Crippen LogP contribution in [0.3, 0.4) is 0 Å². The van der Waals surface area contributed by atoms with Crippen molar-refractivity contribution in [2.45, 2.75) is 25.9 Å². The minimum absolute atomic E-state index is 0.624. The first-order chi connectivity index (χ1) is 6.88. The molecule has 1 heterocycles. The van der Waals surface area contributed by atoms with Crippen LogP contribution in [-0.4, -0.2) is 45.5 Å². The Morgan fingerprint density at radius 3 is 2.67 bits per heavy atom. The summed E-state index contributed by atoms with van der Waals surface area (Å²) in [6.07, 6.45) is 2.77. The standard InChI is InChI=1S/C11H21N3O/c1-11(2,15)9-13(3)8-6-10-5-7-12-14(10)4/h5,7,15H,6,8-9H2,1-4H3. The van der Waals surface area contributed by atoms with Crippen molar-refractivity contribution in [3.8, 4) is 0 Å². The maximum absolute atomic E-state index is 9.64. The normalized spacial score (nSPS) is 12.4. The molecule has 0 spiro atoms. The Labute approximate surface area is 91.5 Å². The van der Waals surface area contributed by atoms with E-state index in [4.69, 9.17) is 0 Å². The fourth-order valence-corrected chi connectivity index (χ4v) is 1.69. The van der Waals surface area contributed by atoms with Crippen LogP contribution >= 0.6 is 0 Å². The van der Waals surface area contributed by atoms with Gasteiger partial charge in [0.2, 0.25) is 0 Å². The van der Waals surface area contributed by atoms with Crippen molar-refractivity contribution in [3.05, 3.63) is 18.0 Å². The predicted octanol–water partition coefficient (Wildman–Crippen LogP) is 0.665. The molecule has 0 aromatic carbocycles. The lowest BCUT2D eigenvalue weighted by Crippen LogP contribution is -2.37. The van der Waals surface area contributed by atoms with Crippen molar-refractivity contribution in [2.24, 2.45) is 7.05 Å². The Hall–Kier alpha value is -0.870. The Balaban J connectivity index is 2.35. The molecule has 0 radical (unpaired) electrons. The fraction of sp³-hybridized carbons (Fsp3) is 0.727. The summed E-state index contributed by atoms with van der Waals surface area (Å²) in [5.41, 5.74) is 0.596. The van der Waals surface area contributed by atoms with Crippen molar-refractivity contribution in [1.29, 1.82) is 0 Å². The average molecular weight is 211 g/mol. The summed E-state index contributed by atoms with van der Waals surface area (Å²) in [5.74, 6) is 0. The van der Waals surface area contributed by atoms with E-state index in [0.717, 1.165) is 13.0 Å². The Morgan fingerprint density at radius 2 is 2.20 bits per heavy atom. The van der Waals surface area contributed by atoms with Crippen LogP contribution in [0, 0.1) is 0 Å². The zero-order chi connectivity index (χ0) is 11.5. The van der Waals surface area contributed by atoms with Gasteiger partial charge in [-0.15, -0.1) is 0 Å². The third-order valence-corrected chi connectivity index (χ3v) is 2.33. The summed E-state index contributed by atoms with van der Waals surface area (Å²) < 4.78 is 1.89. The van der Waals surface area contributed by atoms with E-state index in [2.05, 4.69) is 10.00 Å². The van der Waals surface area contributed by atoms with Gasteiger partial charge in [0.25, 0.3) is 0 Å². The Morgan fingerprint density at radius 1 is 1.53 bits per heavy atom. The van der Waals surface area contributed by atoms with Crippen LogP contribution in [0.1, 0.15) is 19.5 Å². The summed E-state index contributed by atoms with van der Waals surface area (Å²) in [6.45, 7) is 5.27. The van der Waals surface area contributed by atoms with E-state index in [1.165, 1.54) is 5.69 Å². The van der Waals surface area contributed by atoms with Gasteiger partial charge in [-0.25, -0.2) is 0 Å². The van der Waals surface area contributed by atoms with Crippen molar-refractivity contribution in [1.82, 2.24) is 14.7 Å². The van der Waals surface area contributed by atoms with Crippen LogP contribution in [0.4, 0.5) is 0 Å². The molecule has 4 heteroatoms. The number of hydrogen-bond donors (Lipinski definition) is 1. The van der Waals surface area contributed by atoms with Gasteiger partial charge in [0, 0.05) is 38.4 Å². The Bertz CT molecular complexity index is 301. The monoisotopic (exact) mass is 211 g/mol. The molecule has 15 heavy (non-hydrogen) atoms. The number of nitrogens with zero attached hydrogens (tertiary/aromatic N) is 3. The van der Waals surface area contributed by atoms with Crippen LogP contribution in [0.25, 0.3) is 0 Å². The van der Waals surface area contributed by atoms with Crippen molar-refractivity contribution >= 4 is 0 Å². The van der Waals surface area contributed by atoms with Crippen molar-refractivity contribution in [3.63, 3.8) is 0 Å². The number of rotatable bonds is 5. The highest BCUT2D eigenvalue weighted by molar-refractivity contribution is 5.00. The SMILES string of the molecule is CN(CCc1ccnn1C)CC(C)(C)O. The van der Waals surface area contributed by atoms with Gasteiger partial charge in [0.15, 0.2) is 0 Å². The van der Waals surface area contributed by atoms with Crippen LogP contribution in [0.15, 0.2) is 12.3 Å². The van der Waals surface area contributed by atoms with Crippen molar-refractivity contribution < 1.29 is 5.11 Å². The minimum Gasteiger partial charge on any atom is -0.389 e. The molecule has 86 valence electrons. The zero-order valence-corrected chi connectivity index (χ0v) is 10.1. The van der Waals surface area contributed by atoms with E-state index >= 15 is 0 Å². The average Bonchev–Trinajstić information content (AvgIpc) is 2.44.